The van der Waals surface area contributed by atoms with Gasteiger partial charge in [0.05, 0.1) is 18.5 Å². The molecule has 120 valence electrons. The van der Waals surface area contributed by atoms with E-state index in [-0.39, 0.29) is 37.9 Å². The molecule has 0 aromatic rings. The number of halogens is 3. The second kappa shape index (κ2) is 7.06. The lowest BCUT2D eigenvalue weighted by Crippen LogP contribution is -2.54. The fourth-order valence-electron chi connectivity index (χ4n) is 1.94. The quantitative estimate of drug-likeness (QED) is 0.767. The number of ether oxygens (including phenoxy) is 1. The van der Waals surface area contributed by atoms with E-state index in [0.717, 1.165) is 0 Å². The summed E-state index contributed by atoms with van der Waals surface area (Å²) >= 11 is 0. The number of alkyl halides is 3. The molecule has 1 saturated heterocycles. The molecule has 1 rings (SSSR count). The van der Waals surface area contributed by atoms with Crippen molar-refractivity contribution < 1.29 is 26.3 Å². The minimum Gasteiger partial charge on any atom is -0.378 e. The van der Waals surface area contributed by atoms with Gasteiger partial charge in [-0.2, -0.15) is 13.2 Å². The molecule has 0 aromatic heterocycles. The van der Waals surface area contributed by atoms with Crippen molar-refractivity contribution in [1.82, 2.24) is 10.0 Å². The van der Waals surface area contributed by atoms with Gasteiger partial charge in [0.25, 0.3) is 0 Å². The molecule has 0 amide bonds. The Balaban J connectivity index is 2.35. The molecule has 1 aliphatic heterocycles. The molecule has 0 spiro atoms. The zero-order valence-corrected chi connectivity index (χ0v) is 12.4. The van der Waals surface area contributed by atoms with E-state index in [1.807, 2.05) is 0 Å². The Morgan fingerprint density at radius 2 is 2.00 bits per heavy atom. The first-order valence-electron chi connectivity index (χ1n) is 6.52. The maximum Gasteiger partial charge on any atom is 0.403 e. The van der Waals surface area contributed by atoms with Gasteiger partial charge in [0.15, 0.2) is 0 Å². The van der Waals surface area contributed by atoms with E-state index in [1.165, 1.54) is 0 Å². The second-order valence-corrected chi connectivity index (χ2v) is 7.01. The van der Waals surface area contributed by atoms with Crippen molar-refractivity contribution in [3.8, 4) is 0 Å². The van der Waals surface area contributed by atoms with Crippen LogP contribution in [0.2, 0.25) is 0 Å². The van der Waals surface area contributed by atoms with Crippen LogP contribution >= 0.6 is 0 Å². The second-order valence-electron chi connectivity index (χ2n) is 5.13. The van der Waals surface area contributed by atoms with Gasteiger partial charge in [-0.3, -0.25) is 0 Å². The lowest BCUT2D eigenvalue weighted by Gasteiger charge is -2.31. The van der Waals surface area contributed by atoms with E-state index in [9.17, 15) is 21.6 Å². The van der Waals surface area contributed by atoms with Gasteiger partial charge in [-0.25, -0.2) is 13.1 Å². The Bertz CT molecular complexity index is 390. The van der Waals surface area contributed by atoms with Gasteiger partial charge in [-0.1, -0.05) is 0 Å². The third-order valence-electron chi connectivity index (χ3n) is 2.96. The first kappa shape index (κ1) is 17.7. The molecule has 0 aromatic carbocycles. The van der Waals surface area contributed by atoms with E-state index in [1.54, 1.807) is 13.8 Å². The fourth-order valence-corrected chi connectivity index (χ4v) is 3.09. The van der Waals surface area contributed by atoms with Crippen LogP contribution in [0.3, 0.4) is 0 Å². The standard InChI is InChI=1S/C11H21F3N2O3S/c1-8(2)19-5-6-20(17,18)16-9-3-4-10(15-7-9)11(12,13)14/h8-10,15-16H,3-7H2,1-2H3. The van der Waals surface area contributed by atoms with E-state index >= 15 is 0 Å². The Hall–Kier alpha value is -0.380. The predicted octanol–water partition coefficient (Wildman–Crippen LogP) is 1.01. The lowest BCUT2D eigenvalue weighted by atomic mass is 10.0. The van der Waals surface area contributed by atoms with Crippen molar-refractivity contribution in [2.45, 2.75) is 51.1 Å². The summed E-state index contributed by atoms with van der Waals surface area (Å²) < 4.78 is 68.3. The van der Waals surface area contributed by atoms with Gasteiger partial charge in [-0.05, 0) is 26.7 Å². The maximum atomic E-state index is 12.4. The third-order valence-corrected chi connectivity index (χ3v) is 4.36. The highest BCUT2D eigenvalue weighted by atomic mass is 32.2. The van der Waals surface area contributed by atoms with E-state index in [4.69, 9.17) is 4.74 Å². The van der Waals surface area contributed by atoms with Gasteiger partial charge in [0.1, 0.15) is 6.04 Å². The van der Waals surface area contributed by atoms with Crippen molar-refractivity contribution >= 4 is 10.0 Å². The molecule has 2 N–H and O–H groups in total. The van der Waals surface area contributed by atoms with Crippen molar-refractivity contribution in [2.24, 2.45) is 0 Å². The third kappa shape index (κ3) is 6.38. The van der Waals surface area contributed by atoms with Crippen LogP contribution in [-0.2, 0) is 14.8 Å². The maximum absolute atomic E-state index is 12.4. The number of piperidine rings is 1. The molecule has 0 saturated carbocycles. The van der Waals surface area contributed by atoms with Gasteiger partial charge in [-0.15, -0.1) is 0 Å². The van der Waals surface area contributed by atoms with Crippen LogP contribution in [0.25, 0.3) is 0 Å². The van der Waals surface area contributed by atoms with Crippen molar-refractivity contribution in [1.29, 1.82) is 0 Å². The van der Waals surface area contributed by atoms with Crippen LogP contribution in [0.5, 0.6) is 0 Å². The molecular weight excluding hydrogens is 297 g/mol. The van der Waals surface area contributed by atoms with Gasteiger partial charge >= 0.3 is 6.18 Å². The minimum atomic E-state index is -4.28. The molecule has 0 radical (unpaired) electrons. The summed E-state index contributed by atoms with van der Waals surface area (Å²) in [6.45, 7) is 3.64. The first-order valence-corrected chi connectivity index (χ1v) is 8.17. The van der Waals surface area contributed by atoms with Crippen LogP contribution < -0.4 is 10.0 Å². The summed E-state index contributed by atoms with van der Waals surface area (Å²) in [5.74, 6) is -0.190. The molecule has 1 fully saturated rings. The van der Waals surface area contributed by atoms with Crippen LogP contribution in [0.15, 0.2) is 0 Å². The first-order chi connectivity index (χ1) is 9.10. The highest BCUT2D eigenvalue weighted by Gasteiger charge is 2.41. The topological polar surface area (TPSA) is 67.4 Å². The monoisotopic (exact) mass is 318 g/mol. The average Bonchev–Trinajstić information content (AvgIpc) is 2.26. The van der Waals surface area contributed by atoms with Gasteiger partial charge < -0.3 is 10.1 Å². The van der Waals surface area contributed by atoms with Crippen molar-refractivity contribution in [3.63, 3.8) is 0 Å². The van der Waals surface area contributed by atoms with Crippen LogP contribution in [-0.4, -0.2) is 51.7 Å². The zero-order valence-electron chi connectivity index (χ0n) is 11.5. The fraction of sp³-hybridized carbons (Fsp3) is 1.00. The molecule has 0 aliphatic carbocycles. The molecule has 20 heavy (non-hydrogen) atoms. The molecular formula is C11H21F3N2O3S. The van der Waals surface area contributed by atoms with Gasteiger partial charge in [0.2, 0.25) is 10.0 Å². The summed E-state index contributed by atoms with van der Waals surface area (Å²) in [6, 6.07) is -2.05. The van der Waals surface area contributed by atoms with Crippen LogP contribution in [0, 0.1) is 0 Å². The van der Waals surface area contributed by atoms with Crippen LogP contribution in [0.1, 0.15) is 26.7 Å². The molecule has 0 bridgehead atoms. The molecule has 1 heterocycles. The predicted molar refractivity (Wildman–Crippen MR) is 68.9 cm³/mol. The number of hydrogen-bond acceptors (Lipinski definition) is 4. The average molecular weight is 318 g/mol. The van der Waals surface area contributed by atoms with Crippen molar-refractivity contribution in [3.05, 3.63) is 0 Å². The molecule has 9 heteroatoms. The van der Waals surface area contributed by atoms with Crippen molar-refractivity contribution in [2.75, 3.05) is 18.9 Å². The Morgan fingerprint density at radius 3 is 2.45 bits per heavy atom. The Labute approximate surface area is 117 Å². The number of hydrogen-bond donors (Lipinski definition) is 2. The summed E-state index contributed by atoms with van der Waals surface area (Å²) in [6.07, 6.45) is -4.30. The minimum absolute atomic E-state index is 0.0194. The molecule has 2 atom stereocenters. The molecule has 2 unspecified atom stereocenters. The van der Waals surface area contributed by atoms with Gasteiger partial charge in [0, 0.05) is 12.6 Å². The summed E-state index contributed by atoms with van der Waals surface area (Å²) in [4.78, 5) is 0. The van der Waals surface area contributed by atoms with E-state index in [2.05, 4.69) is 10.0 Å². The largest absolute Gasteiger partial charge is 0.403 e. The summed E-state index contributed by atoms with van der Waals surface area (Å²) in [5, 5.41) is 2.32. The van der Waals surface area contributed by atoms with E-state index in [0.29, 0.717) is 0 Å². The number of rotatable bonds is 6. The normalized spacial score (nSPS) is 25.1. The highest BCUT2D eigenvalue weighted by molar-refractivity contribution is 7.89. The lowest BCUT2D eigenvalue weighted by molar-refractivity contribution is -0.160. The smallest absolute Gasteiger partial charge is 0.378 e. The van der Waals surface area contributed by atoms with Crippen LogP contribution in [0.4, 0.5) is 13.2 Å². The summed E-state index contributed by atoms with van der Waals surface area (Å²) in [5.41, 5.74) is 0. The highest BCUT2D eigenvalue weighted by Crippen LogP contribution is 2.26. The number of sulfonamides is 1. The summed E-state index contributed by atoms with van der Waals surface area (Å²) in [7, 11) is -3.53. The molecule has 5 nitrogen and oxygen atoms in total. The number of nitrogens with one attached hydrogen (secondary N) is 2. The molecule has 1 aliphatic rings. The Morgan fingerprint density at radius 1 is 1.35 bits per heavy atom. The van der Waals surface area contributed by atoms with E-state index < -0.39 is 28.3 Å². The Kier molecular flexibility index (Phi) is 6.24. The SMILES string of the molecule is CC(C)OCCS(=O)(=O)NC1CCC(C(F)(F)F)NC1. The zero-order chi connectivity index (χ0) is 15.4.